The Balaban J connectivity index is 1.23. The first-order chi connectivity index (χ1) is 18.9. The molecule has 0 unspecified atom stereocenters. The molecular formula is C31H30ClN3O3S. The van der Waals surface area contributed by atoms with Crippen LogP contribution < -0.4 is 5.32 Å². The number of sulfonamides is 1. The summed E-state index contributed by atoms with van der Waals surface area (Å²) in [5.74, 6) is -0.185. The van der Waals surface area contributed by atoms with E-state index in [1.54, 1.807) is 52.8 Å². The third-order valence-electron chi connectivity index (χ3n) is 6.92. The third kappa shape index (κ3) is 6.57. The highest BCUT2D eigenvalue weighted by Crippen LogP contribution is 2.30. The van der Waals surface area contributed by atoms with Gasteiger partial charge in [-0.25, -0.2) is 8.42 Å². The third-order valence-corrected chi connectivity index (χ3v) is 9.09. The highest BCUT2D eigenvalue weighted by Gasteiger charge is 2.32. The zero-order valence-electron chi connectivity index (χ0n) is 21.4. The van der Waals surface area contributed by atoms with Crippen LogP contribution in [0.5, 0.6) is 0 Å². The van der Waals surface area contributed by atoms with Crippen LogP contribution >= 0.6 is 11.6 Å². The van der Waals surface area contributed by atoms with Gasteiger partial charge in [0.1, 0.15) is 0 Å². The predicted octanol–water partition coefficient (Wildman–Crippen LogP) is 5.62. The van der Waals surface area contributed by atoms with Gasteiger partial charge in [-0.2, -0.15) is 4.31 Å². The summed E-state index contributed by atoms with van der Waals surface area (Å²) in [6.07, 6.45) is 0.203. The van der Waals surface area contributed by atoms with E-state index in [4.69, 9.17) is 11.6 Å². The molecule has 0 radical (unpaired) electrons. The molecule has 8 heteroatoms. The molecule has 5 rings (SSSR count). The summed E-state index contributed by atoms with van der Waals surface area (Å²) in [5.41, 5.74) is 3.77. The van der Waals surface area contributed by atoms with E-state index in [0.717, 1.165) is 5.56 Å². The summed E-state index contributed by atoms with van der Waals surface area (Å²) in [5, 5.41) is 3.44. The molecule has 1 aliphatic rings. The molecule has 1 aliphatic heterocycles. The summed E-state index contributed by atoms with van der Waals surface area (Å²) >= 11 is 5.90. The molecule has 1 heterocycles. The maximum absolute atomic E-state index is 13.4. The molecule has 1 fully saturated rings. The zero-order valence-corrected chi connectivity index (χ0v) is 23.0. The Morgan fingerprint density at radius 1 is 0.744 bits per heavy atom. The van der Waals surface area contributed by atoms with Crippen LogP contribution in [-0.4, -0.2) is 49.7 Å². The molecule has 1 amide bonds. The molecule has 6 nitrogen and oxygen atoms in total. The van der Waals surface area contributed by atoms with Crippen LogP contribution in [0.3, 0.4) is 0 Å². The van der Waals surface area contributed by atoms with Crippen molar-refractivity contribution < 1.29 is 13.2 Å². The molecule has 1 N–H and O–H groups in total. The number of nitrogens with one attached hydrogen (secondary N) is 1. The van der Waals surface area contributed by atoms with Gasteiger partial charge in [-0.1, -0.05) is 84.4 Å². The van der Waals surface area contributed by atoms with E-state index in [9.17, 15) is 13.2 Å². The topological polar surface area (TPSA) is 69.7 Å². The second-order valence-corrected chi connectivity index (χ2v) is 11.9. The Morgan fingerprint density at radius 3 is 1.82 bits per heavy atom. The molecule has 4 aromatic carbocycles. The summed E-state index contributed by atoms with van der Waals surface area (Å²) in [4.78, 5) is 15.0. The van der Waals surface area contributed by atoms with Crippen molar-refractivity contribution in [1.29, 1.82) is 0 Å². The fourth-order valence-electron chi connectivity index (χ4n) is 4.94. The van der Waals surface area contributed by atoms with Crippen LogP contribution in [-0.2, 0) is 21.2 Å². The molecule has 0 saturated carbocycles. The van der Waals surface area contributed by atoms with Crippen LogP contribution in [0.1, 0.15) is 22.7 Å². The minimum Gasteiger partial charge on any atom is -0.326 e. The van der Waals surface area contributed by atoms with Gasteiger partial charge in [0.05, 0.1) is 17.4 Å². The number of carbonyl (C=O) groups excluding carboxylic acids is 1. The van der Waals surface area contributed by atoms with Crippen LogP contribution in [0, 0.1) is 0 Å². The van der Waals surface area contributed by atoms with Crippen LogP contribution in [0.25, 0.3) is 0 Å². The predicted molar refractivity (Wildman–Crippen MR) is 155 cm³/mol. The average Bonchev–Trinajstić information content (AvgIpc) is 2.96. The summed E-state index contributed by atoms with van der Waals surface area (Å²) in [7, 11) is -3.66. The Morgan fingerprint density at radius 2 is 1.28 bits per heavy atom. The molecule has 0 bridgehead atoms. The number of carbonyl (C=O) groups is 1. The number of anilines is 1. The van der Waals surface area contributed by atoms with E-state index in [0.29, 0.717) is 36.9 Å². The van der Waals surface area contributed by atoms with Crippen molar-refractivity contribution in [3.05, 3.63) is 131 Å². The van der Waals surface area contributed by atoms with Gasteiger partial charge in [0.2, 0.25) is 15.9 Å². The van der Waals surface area contributed by atoms with Crippen molar-refractivity contribution in [1.82, 2.24) is 9.21 Å². The van der Waals surface area contributed by atoms with Gasteiger partial charge in [0, 0.05) is 36.9 Å². The van der Waals surface area contributed by atoms with Gasteiger partial charge in [0.25, 0.3) is 0 Å². The van der Waals surface area contributed by atoms with Crippen molar-refractivity contribution in [2.75, 3.05) is 31.5 Å². The fraction of sp³-hybridized carbons (Fsp3) is 0.194. The first-order valence-corrected chi connectivity index (χ1v) is 14.7. The van der Waals surface area contributed by atoms with Gasteiger partial charge in [0.15, 0.2) is 0 Å². The average molecular weight is 560 g/mol. The van der Waals surface area contributed by atoms with Crippen LogP contribution in [0.4, 0.5) is 5.69 Å². The van der Waals surface area contributed by atoms with Crippen LogP contribution in [0.2, 0.25) is 5.02 Å². The number of benzene rings is 4. The second kappa shape index (κ2) is 12.1. The lowest BCUT2D eigenvalue weighted by Crippen LogP contribution is -2.49. The molecule has 4 aromatic rings. The summed E-state index contributed by atoms with van der Waals surface area (Å²) in [6.45, 7) is 2.04. The van der Waals surface area contributed by atoms with E-state index < -0.39 is 10.0 Å². The van der Waals surface area contributed by atoms with Crippen molar-refractivity contribution in [3.63, 3.8) is 0 Å². The standard InChI is InChI=1S/C31H30ClN3O3S/c32-27-13-11-24(12-14-27)23-30(36)33-28-15-17-29(18-16-28)39(37,38)35-21-19-34(20-22-35)31(25-7-3-1-4-8-25)26-9-5-2-6-10-26/h1-18,31H,19-23H2,(H,33,36). The minimum absolute atomic E-state index is 0.0630. The number of amides is 1. The van der Waals surface area contributed by atoms with E-state index in [-0.39, 0.29) is 23.3 Å². The zero-order chi connectivity index (χ0) is 27.2. The monoisotopic (exact) mass is 559 g/mol. The van der Waals surface area contributed by atoms with Gasteiger partial charge in [-0.15, -0.1) is 0 Å². The fourth-order valence-corrected chi connectivity index (χ4v) is 6.49. The molecule has 0 aliphatic carbocycles. The summed E-state index contributed by atoms with van der Waals surface area (Å²) < 4.78 is 28.4. The quantitative estimate of drug-likeness (QED) is 0.304. The maximum atomic E-state index is 13.4. The van der Waals surface area contributed by atoms with Crippen molar-refractivity contribution in [2.24, 2.45) is 0 Å². The van der Waals surface area contributed by atoms with E-state index in [1.165, 1.54) is 11.1 Å². The Labute approximate surface area is 234 Å². The molecule has 200 valence electrons. The molecular weight excluding hydrogens is 530 g/mol. The minimum atomic E-state index is -3.66. The maximum Gasteiger partial charge on any atom is 0.243 e. The van der Waals surface area contributed by atoms with E-state index in [1.807, 2.05) is 36.4 Å². The smallest absolute Gasteiger partial charge is 0.243 e. The number of hydrogen-bond donors (Lipinski definition) is 1. The second-order valence-electron chi connectivity index (χ2n) is 9.54. The number of nitrogens with zero attached hydrogens (tertiary/aromatic N) is 2. The van der Waals surface area contributed by atoms with Crippen molar-refractivity contribution in [3.8, 4) is 0 Å². The number of halogens is 1. The first kappa shape index (κ1) is 27.1. The molecule has 0 aromatic heterocycles. The highest BCUT2D eigenvalue weighted by atomic mass is 35.5. The SMILES string of the molecule is O=C(Cc1ccc(Cl)cc1)Nc1ccc(S(=O)(=O)N2CCN(C(c3ccccc3)c3ccccc3)CC2)cc1. The lowest BCUT2D eigenvalue weighted by atomic mass is 9.96. The van der Waals surface area contributed by atoms with Gasteiger partial charge in [-0.05, 0) is 53.1 Å². The largest absolute Gasteiger partial charge is 0.326 e. The Bertz CT molecular complexity index is 1450. The van der Waals surface area contributed by atoms with Crippen LogP contribution in [0.15, 0.2) is 114 Å². The summed E-state index contributed by atoms with van der Waals surface area (Å²) in [6, 6.07) is 34.2. The molecule has 1 saturated heterocycles. The van der Waals surface area contributed by atoms with Crippen molar-refractivity contribution in [2.45, 2.75) is 17.4 Å². The van der Waals surface area contributed by atoms with Crippen molar-refractivity contribution >= 4 is 33.2 Å². The van der Waals surface area contributed by atoms with Gasteiger partial charge < -0.3 is 5.32 Å². The molecule has 0 atom stereocenters. The van der Waals surface area contributed by atoms with E-state index in [2.05, 4.69) is 34.5 Å². The number of hydrogen-bond acceptors (Lipinski definition) is 4. The molecule has 0 spiro atoms. The Kier molecular flexibility index (Phi) is 8.43. The lowest BCUT2D eigenvalue weighted by Gasteiger charge is -2.39. The number of rotatable bonds is 8. The van der Waals surface area contributed by atoms with Gasteiger partial charge >= 0.3 is 0 Å². The number of piperazine rings is 1. The molecule has 39 heavy (non-hydrogen) atoms. The first-order valence-electron chi connectivity index (χ1n) is 12.9. The van der Waals surface area contributed by atoms with Gasteiger partial charge in [-0.3, -0.25) is 9.69 Å². The Hall–Kier alpha value is -3.49. The normalized spacial score (nSPS) is 14.8. The lowest BCUT2D eigenvalue weighted by molar-refractivity contribution is -0.115. The highest BCUT2D eigenvalue weighted by molar-refractivity contribution is 7.89. The van der Waals surface area contributed by atoms with E-state index >= 15 is 0 Å².